The highest BCUT2D eigenvalue weighted by molar-refractivity contribution is 6.31. The van der Waals surface area contributed by atoms with Crippen LogP contribution in [-0.2, 0) is 12.0 Å². The Hall–Kier alpha value is -0.795. The van der Waals surface area contributed by atoms with Crippen LogP contribution in [0.2, 0.25) is 0 Å². The lowest BCUT2D eigenvalue weighted by molar-refractivity contribution is 0.506. The van der Waals surface area contributed by atoms with Gasteiger partial charge in [-0.25, -0.2) is 4.39 Å². The molecule has 0 bridgehead atoms. The first kappa shape index (κ1) is 10.3. The van der Waals surface area contributed by atoms with Gasteiger partial charge in [0.25, 0.3) is 0 Å². The van der Waals surface area contributed by atoms with E-state index in [4.69, 9.17) is 7.85 Å². The van der Waals surface area contributed by atoms with Crippen molar-refractivity contribution in [3.8, 4) is 0 Å². The van der Waals surface area contributed by atoms with Crippen LogP contribution in [-0.4, -0.2) is 17.6 Å². The molecule has 0 amide bonds. The maximum atomic E-state index is 13.5. The van der Waals surface area contributed by atoms with Crippen LogP contribution in [0.15, 0.2) is 0 Å². The lowest BCUT2D eigenvalue weighted by Crippen LogP contribution is -2.19. The molecule has 0 aromatic carbocycles. The predicted molar refractivity (Wildman–Crippen MR) is 51.9 cm³/mol. The highest BCUT2D eigenvalue weighted by Gasteiger charge is 2.24. The summed E-state index contributed by atoms with van der Waals surface area (Å²) in [5.41, 5.74) is 0.276. The summed E-state index contributed by atoms with van der Waals surface area (Å²) in [4.78, 5) is 0. The summed E-state index contributed by atoms with van der Waals surface area (Å²) in [6.45, 7) is 8.22. The number of aryl methyl sites for hydroxylation is 1. The summed E-state index contributed by atoms with van der Waals surface area (Å²) in [5.74, 6) is -0.380. The topological polar surface area (TPSA) is 17.8 Å². The summed E-state index contributed by atoms with van der Waals surface area (Å²) >= 11 is 0. The molecule has 0 unspecified atom stereocenters. The lowest BCUT2D eigenvalue weighted by Gasteiger charge is -2.14. The second-order valence-corrected chi connectivity index (χ2v) is 4.11. The number of nitrogens with zero attached hydrogens (tertiary/aromatic N) is 2. The zero-order chi connectivity index (χ0) is 10.2. The van der Waals surface area contributed by atoms with E-state index < -0.39 is 0 Å². The van der Waals surface area contributed by atoms with E-state index in [1.54, 1.807) is 0 Å². The Morgan fingerprint density at radius 2 is 2.00 bits per heavy atom. The third-order valence-corrected chi connectivity index (χ3v) is 1.94. The van der Waals surface area contributed by atoms with E-state index in [-0.39, 0.29) is 16.8 Å². The minimum absolute atomic E-state index is 0.132. The molecule has 0 aliphatic rings. The molecule has 2 nitrogen and oxygen atoms in total. The molecule has 0 spiro atoms. The van der Waals surface area contributed by atoms with Crippen molar-refractivity contribution in [1.29, 1.82) is 0 Å². The molecule has 1 heterocycles. The Morgan fingerprint density at radius 3 is 2.23 bits per heavy atom. The summed E-state index contributed by atoms with van der Waals surface area (Å²) in [7, 11) is 5.54. The molecule has 0 aliphatic carbocycles. The van der Waals surface area contributed by atoms with Crippen LogP contribution < -0.4 is 5.59 Å². The molecule has 0 aliphatic heterocycles. The van der Waals surface area contributed by atoms with Crippen LogP contribution >= 0.6 is 0 Å². The Bertz CT molecular complexity index is 312. The van der Waals surface area contributed by atoms with Gasteiger partial charge in [0.15, 0.2) is 5.82 Å². The molecular weight excluding hydrogens is 166 g/mol. The van der Waals surface area contributed by atoms with Crippen LogP contribution in [0.4, 0.5) is 4.39 Å². The van der Waals surface area contributed by atoms with Gasteiger partial charge in [0.1, 0.15) is 13.5 Å². The SMILES string of the molecule is [B]c1c(F)c(C(C)(C)C)nn1CC. The molecule has 1 aromatic rings. The molecule has 13 heavy (non-hydrogen) atoms. The molecule has 70 valence electrons. The molecule has 0 fully saturated rings. The fraction of sp³-hybridized carbons (Fsp3) is 0.667. The van der Waals surface area contributed by atoms with Gasteiger partial charge in [0.05, 0.1) is 0 Å². The van der Waals surface area contributed by atoms with E-state index in [0.29, 0.717) is 12.2 Å². The number of aromatic nitrogens is 2. The maximum absolute atomic E-state index is 13.5. The fourth-order valence-corrected chi connectivity index (χ4v) is 1.17. The van der Waals surface area contributed by atoms with E-state index in [2.05, 4.69) is 5.10 Å². The van der Waals surface area contributed by atoms with Crippen molar-refractivity contribution >= 4 is 13.4 Å². The third-order valence-electron chi connectivity index (χ3n) is 1.94. The van der Waals surface area contributed by atoms with Crippen molar-refractivity contribution in [2.24, 2.45) is 0 Å². The van der Waals surface area contributed by atoms with Crippen LogP contribution in [0.3, 0.4) is 0 Å². The van der Waals surface area contributed by atoms with Crippen molar-refractivity contribution in [2.45, 2.75) is 39.7 Å². The van der Waals surface area contributed by atoms with Gasteiger partial charge in [-0.3, -0.25) is 4.68 Å². The molecule has 0 atom stereocenters. The Kier molecular flexibility index (Phi) is 2.50. The predicted octanol–water partition coefficient (Wildman–Crippen LogP) is 1.13. The minimum atomic E-state index is -0.380. The van der Waals surface area contributed by atoms with Gasteiger partial charge >= 0.3 is 0 Å². The number of hydrogen-bond acceptors (Lipinski definition) is 1. The molecular formula is C9H14BFN2. The van der Waals surface area contributed by atoms with Crippen molar-refractivity contribution in [3.05, 3.63) is 11.5 Å². The normalized spacial score (nSPS) is 12.1. The first-order chi connectivity index (χ1) is 5.88. The summed E-state index contributed by atoms with van der Waals surface area (Å²) < 4.78 is 15.0. The first-order valence-electron chi connectivity index (χ1n) is 4.40. The largest absolute Gasteiger partial charge is 0.277 e. The summed E-state index contributed by atoms with van der Waals surface area (Å²) in [5, 5.41) is 4.12. The van der Waals surface area contributed by atoms with Gasteiger partial charge < -0.3 is 0 Å². The third kappa shape index (κ3) is 1.76. The van der Waals surface area contributed by atoms with Crippen LogP contribution in [0.5, 0.6) is 0 Å². The highest BCUT2D eigenvalue weighted by Crippen LogP contribution is 2.21. The van der Waals surface area contributed by atoms with Gasteiger partial charge in [0.2, 0.25) is 0 Å². The lowest BCUT2D eigenvalue weighted by atomic mass is 9.90. The Balaban J connectivity index is 3.25. The average molecular weight is 180 g/mol. The van der Waals surface area contributed by atoms with Gasteiger partial charge in [-0.2, -0.15) is 5.10 Å². The molecule has 0 saturated carbocycles. The number of rotatable bonds is 1. The van der Waals surface area contributed by atoms with E-state index in [1.165, 1.54) is 4.68 Å². The fourth-order valence-electron chi connectivity index (χ4n) is 1.17. The van der Waals surface area contributed by atoms with Crippen LogP contribution in [0.1, 0.15) is 33.4 Å². The Labute approximate surface area is 79.5 Å². The van der Waals surface area contributed by atoms with Crippen molar-refractivity contribution in [3.63, 3.8) is 0 Å². The van der Waals surface area contributed by atoms with Crippen molar-refractivity contribution in [2.75, 3.05) is 0 Å². The first-order valence-corrected chi connectivity index (χ1v) is 4.40. The summed E-state index contributed by atoms with van der Waals surface area (Å²) in [6.07, 6.45) is 0. The van der Waals surface area contributed by atoms with Crippen LogP contribution in [0, 0.1) is 5.82 Å². The van der Waals surface area contributed by atoms with Crippen LogP contribution in [0.25, 0.3) is 0 Å². The van der Waals surface area contributed by atoms with E-state index in [9.17, 15) is 4.39 Å². The van der Waals surface area contributed by atoms with Gasteiger partial charge in [-0.1, -0.05) is 20.8 Å². The van der Waals surface area contributed by atoms with Gasteiger partial charge in [-0.15, -0.1) is 0 Å². The van der Waals surface area contributed by atoms with Crippen molar-refractivity contribution in [1.82, 2.24) is 9.78 Å². The van der Waals surface area contributed by atoms with E-state index >= 15 is 0 Å². The van der Waals surface area contributed by atoms with E-state index in [0.717, 1.165) is 0 Å². The monoisotopic (exact) mass is 180 g/mol. The zero-order valence-corrected chi connectivity index (χ0v) is 8.56. The Morgan fingerprint density at radius 1 is 1.46 bits per heavy atom. The van der Waals surface area contributed by atoms with Crippen molar-refractivity contribution < 1.29 is 4.39 Å². The number of hydrogen-bond donors (Lipinski definition) is 0. The molecule has 2 radical (unpaired) electrons. The second-order valence-electron chi connectivity index (χ2n) is 4.11. The minimum Gasteiger partial charge on any atom is -0.277 e. The average Bonchev–Trinajstić information content (AvgIpc) is 2.28. The smallest absolute Gasteiger partial charge is 0.157 e. The molecule has 4 heteroatoms. The molecule has 1 aromatic heterocycles. The molecule has 1 rings (SSSR count). The van der Waals surface area contributed by atoms with Gasteiger partial charge in [-0.05, 0) is 6.92 Å². The second kappa shape index (κ2) is 3.16. The van der Waals surface area contributed by atoms with E-state index in [1.807, 2.05) is 27.7 Å². The quantitative estimate of drug-likeness (QED) is 0.592. The molecule has 0 saturated heterocycles. The summed E-state index contributed by atoms with van der Waals surface area (Å²) in [6, 6.07) is 0. The van der Waals surface area contributed by atoms with Gasteiger partial charge in [0, 0.05) is 17.6 Å². The molecule has 0 N–H and O–H groups in total. The number of halogens is 1. The highest BCUT2D eigenvalue weighted by atomic mass is 19.1. The zero-order valence-electron chi connectivity index (χ0n) is 8.56. The standard InChI is InChI=1S/C9H14BFN2/c1-5-13-8(10)6(11)7(12-13)9(2,3)4/h5H2,1-4H3. The maximum Gasteiger partial charge on any atom is 0.157 e.